The Morgan fingerprint density at radius 2 is 1.57 bits per heavy atom. The van der Waals surface area contributed by atoms with Crippen LogP contribution in [-0.2, 0) is 18.0 Å². The molecule has 5 rings (SSSR count). The maximum absolute atomic E-state index is 11.7. The van der Waals surface area contributed by atoms with Gasteiger partial charge in [0.25, 0.3) is 0 Å². The van der Waals surface area contributed by atoms with E-state index in [1.165, 1.54) is 15.7 Å². The van der Waals surface area contributed by atoms with E-state index in [2.05, 4.69) is 54.6 Å². The van der Waals surface area contributed by atoms with Crippen molar-refractivity contribution in [3.63, 3.8) is 0 Å². The second kappa shape index (κ2) is 11.4. The smallest absolute Gasteiger partial charge is 0.407 e. The SMILES string of the molecule is COc1ccc(OCc2ccc(C3CCN(C(=O)O)CC3OCc3ccc4ccccc4c3)cc2)cc1. The van der Waals surface area contributed by atoms with E-state index in [0.29, 0.717) is 26.3 Å². The highest BCUT2D eigenvalue weighted by molar-refractivity contribution is 5.82. The Balaban J connectivity index is 1.25. The van der Waals surface area contributed by atoms with Crippen LogP contribution in [0.25, 0.3) is 10.8 Å². The van der Waals surface area contributed by atoms with Gasteiger partial charge in [0.1, 0.15) is 18.1 Å². The zero-order valence-electron chi connectivity index (χ0n) is 20.9. The molecular formula is C31H31NO5. The standard InChI is InChI=1S/C31H31NO5/c1-35-27-12-14-28(15-13-27)36-20-22-6-10-25(11-7-22)29-16-17-32(31(33)34)19-30(29)37-21-23-8-9-24-4-2-3-5-26(24)18-23/h2-15,18,29-30H,16-17,19-21H2,1H3,(H,33,34). The third-order valence-corrected chi connectivity index (χ3v) is 6.98. The number of piperidine rings is 1. The molecule has 1 N–H and O–H groups in total. The van der Waals surface area contributed by atoms with Crippen molar-refractivity contribution in [2.45, 2.75) is 31.7 Å². The minimum Gasteiger partial charge on any atom is -0.497 e. The monoisotopic (exact) mass is 497 g/mol. The minimum atomic E-state index is -0.899. The van der Waals surface area contributed by atoms with Gasteiger partial charge in [0, 0.05) is 12.5 Å². The van der Waals surface area contributed by atoms with Crippen molar-refractivity contribution in [2.75, 3.05) is 20.2 Å². The summed E-state index contributed by atoms with van der Waals surface area (Å²) in [7, 11) is 1.64. The maximum atomic E-state index is 11.7. The summed E-state index contributed by atoms with van der Waals surface area (Å²) < 4.78 is 17.5. The van der Waals surface area contributed by atoms with Gasteiger partial charge in [-0.25, -0.2) is 4.79 Å². The molecule has 1 saturated heterocycles. The number of methoxy groups -OCH3 is 1. The zero-order chi connectivity index (χ0) is 25.6. The number of rotatable bonds is 8. The predicted molar refractivity (Wildman–Crippen MR) is 143 cm³/mol. The van der Waals surface area contributed by atoms with E-state index < -0.39 is 6.09 Å². The van der Waals surface area contributed by atoms with E-state index in [0.717, 1.165) is 34.6 Å². The number of benzene rings is 4. The Hall–Kier alpha value is -4.03. The predicted octanol–water partition coefficient (Wildman–Crippen LogP) is 6.48. The highest BCUT2D eigenvalue weighted by Crippen LogP contribution is 2.32. The van der Waals surface area contributed by atoms with Gasteiger partial charge in [-0.1, -0.05) is 60.7 Å². The molecule has 1 amide bonds. The van der Waals surface area contributed by atoms with E-state index in [-0.39, 0.29) is 12.0 Å². The molecule has 0 saturated carbocycles. The third-order valence-electron chi connectivity index (χ3n) is 6.98. The quantitative estimate of drug-likeness (QED) is 0.302. The van der Waals surface area contributed by atoms with Gasteiger partial charge in [-0.2, -0.15) is 0 Å². The van der Waals surface area contributed by atoms with Crippen molar-refractivity contribution in [1.29, 1.82) is 0 Å². The van der Waals surface area contributed by atoms with Gasteiger partial charge < -0.3 is 24.2 Å². The first-order valence-corrected chi connectivity index (χ1v) is 12.5. The van der Waals surface area contributed by atoms with Crippen molar-refractivity contribution in [1.82, 2.24) is 4.90 Å². The summed E-state index contributed by atoms with van der Waals surface area (Å²) in [5.41, 5.74) is 3.30. The Bertz CT molecular complexity index is 1340. The fourth-order valence-electron chi connectivity index (χ4n) is 4.87. The van der Waals surface area contributed by atoms with Gasteiger partial charge in [0.2, 0.25) is 0 Å². The molecule has 4 aromatic carbocycles. The third kappa shape index (κ3) is 6.04. The van der Waals surface area contributed by atoms with Crippen LogP contribution in [0.1, 0.15) is 29.0 Å². The Kier molecular flexibility index (Phi) is 7.57. The molecule has 1 fully saturated rings. The van der Waals surface area contributed by atoms with Crippen LogP contribution in [0.4, 0.5) is 4.79 Å². The van der Waals surface area contributed by atoms with Crippen molar-refractivity contribution < 1.29 is 24.1 Å². The molecule has 2 unspecified atom stereocenters. The Morgan fingerprint density at radius 1 is 0.865 bits per heavy atom. The number of likely N-dealkylation sites (tertiary alicyclic amines) is 1. The number of carbonyl (C=O) groups is 1. The lowest BCUT2D eigenvalue weighted by Crippen LogP contribution is -2.46. The fourth-order valence-corrected chi connectivity index (χ4v) is 4.87. The van der Waals surface area contributed by atoms with E-state index in [1.807, 2.05) is 36.4 Å². The van der Waals surface area contributed by atoms with Gasteiger partial charge in [-0.15, -0.1) is 0 Å². The normalized spacial score (nSPS) is 17.5. The van der Waals surface area contributed by atoms with Gasteiger partial charge in [0.15, 0.2) is 0 Å². The van der Waals surface area contributed by atoms with Crippen molar-refractivity contribution >= 4 is 16.9 Å². The van der Waals surface area contributed by atoms with Crippen LogP contribution < -0.4 is 9.47 Å². The summed E-state index contributed by atoms with van der Waals surface area (Å²) in [5, 5.41) is 11.9. The average molecular weight is 498 g/mol. The molecule has 6 heteroatoms. The molecule has 2 atom stereocenters. The van der Waals surface area contributed by atoms with Crippen LogP contribution in [0.5, 0.6) is 11.5 Å². The molecule has 1 aliphatic heterocycles. The van der Waals surface area contributed by atoms with Crippen LogP contribution in [0.15, 0.2) is 91.0 Å². The first kappa shape index (κ1) is 24.7. The number of ether oxygens (including phenoxy) is 3. The molecular weight excluding hydrogens is 466 g/mol. The van der Waals surface area contributed by atoms with Gasteiger partial charge >= 0.3 is 6.09 Å². The Labute approximate surface area is 217 Å². The van der Waals surface area contributed by atoms with Crippen LogP contribution in [0.3, 0.4) is 0 Å². The summed E-state index contributed by atoms with van der Waals surface area (Å²) in [6.45, 7) is 1.76. The molecule has 37 heavy (non-hydrogen) atoms. The van der Waals surface area contributed by atoms with E-state index in [4.69, 9.17) is 14.2 Å². The second-order valence-electron chi connectivity index (χ2n) is 9.36. The lowest BCUT2D eigenvalue weighted by molar-refractivity contribution is -0.0199. The molecule has 6 nitrogen and oxygen atoms in total. The number of amides is 1. The molecule has 1 aliphatic rings. The van der Waals surface area contributed by atoms with Crippen molar-refractivity contribution in [2.24, 2.45) is 0 Å². The summed E-state index contributed by atoms with van der Waals surface area (Å²) in [6, 6.07) is 30.5. The number of hydrogen-bond acceptors (Lipinski definition) is 4. The van der Waals surface area contributed by atoms with E-state index in [9.17, 15) is 9.90 Å². The summed E-state index contributed by atoms with van der Waals surface area (Å²) >= 11 is 0. The molecule has 1 heterocycles. The fraction of sp³-hybridized carbons (Fsp3) is 0.258. The van der Waals surface area contributed by atoms with Crippen LogP contribution in [0, 0.1) is 0 Å². The van der Waals surface area contributed by atoms with Gasteiger partial charge in [-0.3, -0.25) is 0 Å². The van der Waals surface area contributed by atoms with Crippen LogP contribution >= 0.6 is 0 Å². The van der Waals surface area contributed by atoms with E-state index >= 15 is 0 Å². The molecule has 4 aromatic rings. The second-order valence-corrected chi connectivity index (χ2v) is 9.36. The zero-order valence-corrected chi connectivity index (χ0v) is 20.9. The molecule has 0 radical (unpaired) electrons. The van der Waals surface area contributed by atoms with Gasteiger partial charge in [0.05, 0.1) is 26.4 Å². The van der Waals surface area contributed by atoms with Crippen LogP contribution in [-0.4, -0.2) is 42.4 Å². The van der Waals surface area contributed by atoms with Crippen molar-refractivity contribution in [3.8, 4) is 11.5 Å². The topological polar surface area (TPSA) is 68.2 Å². The first-order valence-electron chi connectivity index (χ1n) is 12.5. The van der Waals surface area contributed by atoms with E-state index in [1.54, 1.807) is 7.11 Å². The molecule has 0 aromatic heterocycles. The number of carboxylic acid groups (broad SMARTS) is 1. The number of hydrogen-bond donors (Lipinski definition) is 1. The number of nitrogens with zero attached hydrogens (tertiary/aromatic N) is 1. The lowest BCUT2D eigenvalue weighted by Gasteiger charge is -2.37. The summed E-state index contributed by atoms with van der Waals surface area (Å²) in [5.74, 6) is 1.70. The van der Waals surface area contributed by atoms with Crippen molar-refractivity contribution in [3.05, 3.63) is 108 Å². The minimum absolute atomic E-state index is 0.118. The lowest BCUT2D eigenvalue weighted by atomic mass is 9.86. The molecule has 190 valence electrons. The average Bonchev–Trinajstić information content (AvgIpc) is 2.95. The molecule has 0 aliphatic carbocycles. The summed E-state index contributed by atoms with van der Waals surface area (Å²) in [4.78, 5) is 13.1. The number of fused-ring (bicyclic) bond motifs is 1. The highest BCUT2D eigenvalue weighted by atomic mass is 16.5. The molecule has 0 spiro atoms. The molecule has 0 bridgehead atoms. The first-order chi connectivity index (χ1) is 18.1. The van der Waals surface area contributed by atoms with Gasteiger partial charge in [-0.05, 0) is 64.2 Å². The Morgan fingerprint density at radius 3 is 2.30 bits per heavy atom. The summed E-state index contributed by atoms with van der Waals surface area (Å²) in [6.07, 6.45) is -0.405. The largest absolute Gasteiger partial charge is 0.497 e. The maximum Gasteiger partial charge on any atom is 0.407 e. The highest BCUT2D eigenvalue weighted by Gasteiger charge is 2.33. The van der Waals surface area contributed by atoms with Crippen LogP contribution in [0.2, 0.25) is 0 Å².